The van der Waals surface area contributed by atoms with Crippen LogP contribution in [0.3, 0.4) is 0 Å². The van der Waals surface area contributed by atoms with Crippen LogP contribution in [0.1, 0.15) is 55.9 Å². The van der Waals surface area contributed by atoms with E-state index in [1.807, 2.05) is 31.2 Å². The molecule has 1 aliphatic carbocycles. The molecule has 0 spiro atoms. The monoisotopic (exact) mass is 512 g/mol. The molecule has 0 unspecified atom stereocenters. The van der Waals surface area contributed by atoms with Gasteiger partial charge in [-0.2, -0.15) is 10.5 Å². The number of nitrogens with zero attached hydrogens (tertiary/aromatic N) is 4. The van der Waals surface area contributed by atoms with Gasteiger partial charge >= 0.3 is 6.03 Å². The molecule has 0 saturated heterocycles. The molecule has 4 aromatic rings. The van der Waals surface area contributed by atoms with E-state index in [2.05, 4.69) is 25.8 Å². The molecule has 4 amide bonds. The van der Waals surface area contributed by atoms with Gasteiger partial charge in [0.15, 0.2) is 0 Å². The maximum absolute atomic E-state index is 12.9. The van der Waals surface area contributed by atoms with Crippen molar-refractivity contribution in [1.82, 2.24) is 20.6 Å². The van der Waals surface area contributed by atoms with E-state index in [0.29, 0.717) is 18.5 Å². The highest BCUT2D eigenvalue weighted by Crippen LogP contribution is 2.34. The molecular formula is C26H24N8O4. The van der Waals surface area contributed by atoms with Crippen LogP contribution >= 0.6 is 0 Å². The molecule has 0 saturated carbocycles. The summed E-state index contributed by atoms with van der Waals surface area (Å²) >= 11 is 0. The van der Waals surface area contributed by atoms with Gasteiger partial charge in [-0.15, -0.1) is 0 Å². The third-order valence-electron chi connectivity index (χ3n) is 6.36. The number of benzene rings is 2. The van der Waals surface area contributed by atoms with E-state index in [-0.39, 0.29) is 24.0 Å². The Balaban J connectivity index is 1.24. The maximum Gasteiger partial charge on any atom is 0.341 e. The van der Waals surface area contributed by atoms with E-state index in [4.69, 9.17) is 15.7 Å². The molecule has 5 N–H and O–H groups in total. The highest BCUT2D eigenvalue weighted by atomic mass is 16.3. The van der Waals surface area contributed by atoms with Crippen molar-refractivity contribution in [1.29, 1.82) is 5.53 Å². The minimum Gasteiger partial charge on any atom is -0.461 e. The minimum atomic E-state index is -0.861. The van der Waals surface area contributed by atoms with Gasteiger partial charge < -0.3 is 20.8 Å². The molecular weight excluding hydrogens is 488 g/mol. The number of nitrogens with one attached hydrogen (secondary N) is 3. The van der Waals surface area contributed by atoms with Crippen LogP contribution in [0.5, 0.6) is 0 Å². The Morgan fingerprint density at radius 3 is 2.66 bits per heavy atom. The SMILES string of the molecule is Cc1cc2ccc(CNC(=O)c3cc(C(=O)N[C@H]4CCc5cc(N(N=N)C(N)=O)ccc54)ncn3)cc2o1. The number of anilines is 1. The third-order valence-corrected chi connectivity index (χ3v) is 6.36. The van der Waals surface area contributed by atoms with Gasteiger partial charge in [-0.1, -0.05) is 23.4 Å². The fourth-order valence-corrected chi connectivity index (χ4v) is 4.55. The summed E-state index contributed by atoms with van der Waals surface area (Å²) in [5.74, 6) is -0.0645. The fraction of sp³-hybridized carbons (Fsp3) is 0.192. The Kier molecular flexibility index (Phi) is 6.52. The summed E-state index contributed by atoms with van der Waals surface area (Å²) in [6.07, 6.45) is 2.47. The number of carbonyl (C=O) groups excluding carboxylic acids is 3. The Morgan fingerprint density at radius 2 is 1.89 bits per heavy atom. The molecule has 5 rings (SSSR count). The van der Waals surface area contributed by atoms with Crippen LogP contribution in [-0.4, -0.2) is 27.8 Å². The van der Waals surface area contributed by atoms with Gasteiger partial charge in [-0.25, -0.2) is 14.8 Å². The zero-order valence-corrected chi connectivity index (χ0v) is 20.4. The van der Waals surface area contributed by atoms with Crippen LogP contribution in [0.2, 0.25) is 0 Å². The van der Waals surface area contributed by atoms with E-state index in [1.165, 1.54) is 12.4 Å². The average molecular weight is 513 g/mol. The highest BCUT2D eigenvalue weighted by Gasteiger charge is 2.26. The Morgan fingerprint density at radius 1 is 1.11 bits per heavy atom. The largest absolute Gasteiger partial charge is 0.461 e. The second kappa shape index (κ2) is 10.1. The quantitative estimate of drug-likeness (QED) is 0.216. The number of carbonyl (C=O) groups is 3. The molecule has 12 heteroatoms. The zero-order chi connectivity index (χ0) is 26.8. The summed E-state index contributed by atoms with van der Waals surface area (Å²) in [5.41, 5.74) is 16.3. The van der Waals surface area contributed by atoms with E-state index < -0.39 is 17.8 Å². The Labute approximate surface area is 216 Å². The van der Waals surface area contributed by atoms with Crippen LogP contribution in [0.4, 0.5) is 10.5 Å². The molecule has 0 radical (unpaired) electrons. The lowest BCUT2D eigenvalue weighted by Crippen LogP contribution is -2.30. The first-order chi connectivity index (χ1) is 18.3. The van der Waals surface area contributed by atoms with Crippen molar-refractivity contribution >= 4 is 34.5 Å². The lowest BCUT2D eigenvalue weighted by molar-refractivity contribution is 0.0931. The van der Waals surface area contributed by atoms with Crippen LogP contribution in [0.15, 0.2) is 64.5 Å². The Bertz CT molecular complexity index is 1580. The summed E-state index contributed by atoms with van der Waals surface area (Å²) < 4.78 is 5.64. The summed E-state index contributed by atoms with van der Waals surface area (Å²) in [7, 11) is 0. The number of nitrogens with two attached hydrogens (primary N) is 1. The summed E-state index contributed by atoms with van der Waals surface area (Å²) in [5, 5.41) is 10.7. The molecule has 2 aromatic heterocycles. The second-order valence-electron chi connectivity index (χ2n) is 8.90. The lowest BCUT2D eigenvalue weighted by atomic mass is 10.1. The predicted octanol–water partition coefficient (Wildman–Crippen LogP) is 3.71. The number of hydrogen-bond donors (Lipinski definition) is 4. The van der Waals surface area contributed by atoms with Crippen molar-refractivity contribution in [2.45, 2.75) is 32.4 Å². The second-order valence-corrected chi connectivity index (χ2v) is 8.90. The minimum absolute atomic E-state index is 0.0654. The third kappa shape index (κ3) is 4.91. The van der Waals surface area contributed by atoms with Crippen molar-refractivity contribution < 1.29 is 18.8 Å². The van der Waals surface area contributed by atoms with E-state index >= 15 is 0 Å². The molecule has 0 fully saturated rings. The number of aromatic nitrogens is 2. The van der Waals surface area contributed by atoms with Crippen LogP contribution in [0, 0.1) is 12.5 Å². The molecule has 12 nitrogen and oxygen atoms in total. The van der Waals surface area contributed by atoms with E-state index in [0.717, 1.165) is 38.4 Å². The van der Waals surface area contributed by atoms with Gasteiger partial charge in [-0.05, 0) is 60.7 Å². The van der Waals surface area contributed by atoms with Crippen LogP contribution in [0.25, 0.3) is 11.0 Å². The lowest BCUT2D eigenvalue weighted by Gasteiger charge is -2.16. The molecule has 1 atom stereocenters. The molecule has 2 heterocycles. The summed E-state index contributed by atoms with van der Waals surface area (Å²) in [4.78, 5) is 45.2. The standard InChI is InChI=1S/C26H24N8O4/c1-14-8-17-3-2-15(9-23(17)38-14)12-29-24(35)21-11-22(31-13-30-21)25(36)32-20-7-4-16-10-18(5-6-19(16)20)34(33-28)26(27)37/h2-3,5-6,8-11,13,20,28H,4,7,12H2,1H3,(H2,27,37)(H,29,35)(H,32,36)/t20-/m0/s1. The number of amides is 4. The summed E-state index contributed by atoms with van der Waals surface area (Å²) in [6, 6.07) is 13.0. The number of aryl methyl sites for hydroxylation is 2. The van der Waals surface area contributed by atoms with Crippen LogP contribution < -0.4 is 21.4 Å². The predicted molar refractivity (Wildman–Crippen MR) is 136 cm³/mol. The van der Waals surface area contributed by atoms with Gasteiger partial charge in [0.05, 0.1) is 11.7 Å². The van der Waals surface area contributed by atoms with Gasteiger partial charge in [0.25, 0.3) is 11.8 Å². The van der Waals surface area contributed by atoms with E-state index in [9.17, 15) is 14.4 Å². The van der Waals surface area contributed by atoms with Gasteiger partial charge in [0.1, 0.15) is 29.1 Å². The molecule has 0 aliphatic heterocycles. The molecule has 0 bridgehead atoms. The topological polar surface area (TPSA) is 180 Å². The van der Waals surface area contributed by atoms with Crippen molar-refractivity contribution in [2.75, 3.05) is 5.01 Å². The first-order valence-electron chi connectivity index (χ1n) is 11.8. The van der Waals surface area contributed by atoms with E-state index in [1.54, 1.807) is 18.2 Å². The van der Waals surface area contributed by atoms with Crippen molar-refractivity contribution in [3.8, 4) is 0 Å². The van der Waals surface area contributed by atoms with Gasteiger partial charge in [-0.3, -0.25) is 9.59 Å². The molecule has 38 heavy (non-hydrogen) atoms. The van der Waals surface area contributed by atoms with Crippen molar-refractivity contribution in [2.24, 2.45) is 11.0 Å². The zero-order valence-electron chi connectivity index (χ0n) is 20.4. The van der Waals surface area contributed by atoms with Gasteiger partial charge in [0.2, 0.25) is 0 Å². The maximum atomic E-state index is 12.9. The van der Waals surface area contributed by atoms with Crippen LogP contribution in [-0.2, 0) is 13.0 Å². The number of hydrogen-bond acceptors (Lipinski definition) is 8. The molecule has 192 valence electrons. The molecule has 2 aromatic carbocycles. The van der Waals surface area contributed by atoms with Crippen molar-refractivity contribution in [3.05, 3.63) is 88.7 Å². The number of rotatable bonds is 7. The Hall–Kier alpha value is -5.13. The number of primary amides is 1. The average Bonchev–Trinajstić information content (AvgIpc) is 3.49. The fourth-order valence-electron chi connectivity index (χ4n) is 4.55. The van der Waals surface area contributed by atoms with Gasteiger partial charge in [0, 0.05) is 18.0 Å². The smallest absolute Gasteiger partial charge is 0.341 e. The normalized spacial score (nSPS) is 14.1. The highest BCUT2D eigenvalue weighted by molar-refractivity contribution is 5.97. The number of urea groups is 1. The summed E-state index contributed by atoms with van der Waals surface area (Å²) in [6.45, 7) is 2.14. The number of furan rings is 1. The number of fused-ring (bicyclic) bond motifs is 2. The first-order valence-corrected chi connectivity index (χ1v) is 11.8. The first kappa shape index (κ1) is 24.6. The van der Waals surface area contributed by atoms with Crippen molar-refractivity contribution in [3.63, 3.8) is 0 Å². The molecule has 1 aliphatic rings.